The average molecular weight is 244 g/mol. The molecule has 0 saturated carbocycles. The van der Waals surface area contributed by atoms with Crippen molar-refractivity contribution in [3.05, 3.63) is 54.0 Å². The van der Waals surface area contributed by atoms with E-state index in [1.807, 2.05) is 24.3 Å². The summed E-state index contributed by atoms with van der Waals surface area (Å²) in [6.45, 7) is 3.54. The van der Waals surface area contributed by atoms with Crippen LogP contribution in [0.25, 0.3) is 11.3 Å². The molecule has 18 heavy (non-hydrogen) atoms. The van der Waals surface area contributed by atoms with Crippen LogP contribution in [0.2, 0.25) is 0 Å². The Kier molecular flexibility index (Phi) is 4.42. The molecule has 0 amide bonds. The molecule has 1 heterocycles. The molecule has 1 aromatic carbocycles. The highest BCUT2D eigenvalue weighted by Crippen LogP contribution is 2.19. The van der Waals surface area contributed by atoms with Crippen molar-refractivity contribution in [1.82, 2.24) is 10.3 Å². The molecule has 0 aliphatic carbocycles. The van der Waals surface area contributed by atoms with Crippen LogP contribution < -0.4 is 5.32 Å². The zero-order valence-corrected chi connectivity index (χ0v) is 10.5. The van der Waals surface area contributed by atoms with Crippen LogP contribution in [0.4, 0.5) is 4.39 Å². The maximum atomic E-state index is 13.7. The quantitative estimate of drug-likeness (QED) is 0.815. The molecule has 0 radical (unpaired) electrons. The van der Waals surface area contributed by atoms with Crippen molar-refractivity contribution < 1.29 is 4.39 Å². The molecule has 2 aromatic rings. The molecule has 0 saturated heterocycles. The predicted octanol–water partition coefficient (Wildman–Crippen LogP) is 3.39. The molecule has 0 bridgehead atoms. The van der Waals surface area contributed by atoms with Gasteiger partial charge in [0.05, 0.1) is 5.69 Å². The zero-order valence-electron chi connectivity index (χ0n) is 10.5. The Morgan fingerprint density at radius 3 is 2.83 bits per heavy atom. The lowest BCUT2D eigenvalue weighted by atomic mass is 10.1. The summed E-state index contributed by atoms with van der Waals surface area (Å²) in [7, 11) is 0. The SMILES string of the molecule is CCCNCc1cc(-c2ccccn2)ccc1F. The second-order valence-corrected chi connectivity index (χ2v) is 4.20. The second kappa shape index (κ2) is 6.26. The van der Waals surface area contributed by atoms with Gasteiger partial charge in [0.2, 0.25) is 0 Å². The van der Waals surface area contributed by atoms with Gasteiger partial charge in [-0.05, 0) is 43.3 Å². The Morgan fingerprint density at radius 2 is 2.11 bits per heavy atom. The minimum atomic E-state index is -0.168. The van der Waals surface area contributed by atoms with Gasteiger partial charge >= 0.3 is 0 Å². The number of nitrogens with one attached hydrogen (secondary N) is 1. The molecular weight excluding hydrogens is 227 g/mol. The summed E-state index contributed by atoms with van der Waals surface area (Å²) in [5.41, 5.74) is 2.51. The lowest BCUT2D eigenvalue weighted by Gasteiger charge is -2.07. The van der Waals surface area contributed by atoms with Crippen LogP contribution in [0.3, 0.4) is 0 Å². The topological polar surface area (TPSA) is 24.9 Å². The third-order valence-electron chi connectivity index (χ3n) is 2.75. The van der Waals surface area contributed by atoms with Gasteiger partial charge in [0.1, 0.15) is 5.82 Å². The van der Waals surface area contributed by atoms with Crippen LogP contribution in [0.1, 0.15) is 18.9 Å². The van der Waals surface area contributed by atoms with Crippen molar-refractivity contribution in [2.24, 2.45) is 0 Å². The highest BCUT2D eigenvalue weighted by Gasteiger charge is 2.05. The number of nitrogens with zero attached hydrogens (tertiary/aromatic N) is 1. The zero-order chi connectivity index (χ0) is 12.8. The van der Waals surface area contributed by atoms with E-state index in [0.717, 1.165) is 24.2 Å². The van der Waals surface area contributed by atoms with E-state index in [0.29, 0.717) is 12.1 Å². The van der Waals surface area contributed by atoms with Crippen LogP contribution >= 0.6 is 0 Å². The predicted molar refractivity (Wildman–Crippen MR) is 71.6 cm³/mol. The fraction of sp³-hybridized carbons (Fsp3) is 0.267. The number of aromatic nitrogens is 1. The van der Waals surface area contributed by atoms with Gasteiger partial charge in [-0.2, -0.15) is 0 Å². The van der Waals surface area contributed by atoms with Gasteiger partial charge in [0.25, 0.3) is 0 Å². The third kappa shape index (κ3) is 3.14. The van der Waals surface area contributed by atoms with Crippen LogP contribution in [0.5, 0.6) is 0 Å². The molecule has 0 fully saturated rings. The molecule has 94 valence electrons. The summed E-state index contributed by atoms with van der Waals surface area (Å²) in [6.07, 6.45) is 2.79. The van der Waals surface area contributed by atoms with E-state index < -0.39 is 0 Å². The molecule has 0 unspecified atom stereocenters. The van der Waals surface area contributed by atoms with E-state index in [9.17, 15) is 4.39 Å². The number of hydrogen-bond donors (Lipinski definition) is 1. The van der Waals surface area contributed by atoms with Gasteiger partial charge in [0.15, 0.2) is 0 Å². The first-order valence-corrected chi connectivity index (χ1v) is 6.22. The number of rotatable bonds is 5. The Balaban J connectivity index is 2.21. The van der Waals surface area contributed by atoms with E-state index in [2.05, 4.69) is 17.2 Å². The van der Waals surface area contributed by atoms with Gasteiger partial charge in [-0.3, -0.25) is 4.98 Å². The fourth-order valence-electron chi connectivity index (χ4n) is 1.80. The molecule has 3 heteroatoms. The minimum Gasteiger partial charge on any atom is -0.313 e. The highest BCUT2D eigenvalue weighted by atomic mass is 19.1. The first-order valence-electron chi connectivity index (χ1n) is 6.22. The van der Waals surface area contributed by atoms with Gasteiger partial charge in [-0.25, -0.2) is 4.39 Å². The Labute approximate surface area is 107 Å². The first kappa shape index (κ1) is 12.7. The molecule has 1 aromatic heterocycles. The highest BCUT2D eigenvalue weighted by molar-refractivity contribution is 5.59. The minimum absolute atomic E-state index is 0.168. The van der Waals surface area contributed by atoms with Crippen molar-refractivity contribution in [2.75, 3.05) is 6.54 Å². The lowest BCUT2D eigenvalue weighted by Crippen LogP contribution is -2.14. The smallest absolute Gasteiger partial charge is 0.127 e. The normalized spacial score (nSPS) is 10.6. The van der Waals surface area contributed by atoms with Crippen molar-refractivity contribution in [3.63, 3.8) is 0 Å². The molecule has 0 aliphatic heterocycles. The van der Waals surface area contributed by atoms with E-state index >= 15 is 0 Å². The third-order valence-corrected chi connectivity index (χ3v) is 2.75. The Bertz CT molecular complexity index is 497. The van der Waals surface area contributed by atoms with Gasteiger partial charge in [0, 0.05) is 23.9 Å². The molecule has 2 rings (SSSR count). The van der Waals surface area contributed by atoms with Crippen molar-refractivity contribution in [3.8, 4) is 11.3 Å². The first-order chi connectivity index (χ1) is 8.81. The van der Waals surface area contributed by atoms with E-state index in [4.69, 9.17) is 0 Å². The monoisotopic (exact) mass is 244 g/mol. The van der Waals surface area contributed by atoms with Crippen LogP contribution in [0, 0.1) is 5.82 Å². The average Bonchev–Trinajstić information content (AvgIpc) is 2.42. The van der Waals surface area contributed by atoms with Crippen molar-refractivity contribution in [2.45, 2.75) is 19.9 Å². The second-order valence-electron chi connectivity index (χ2n) is 4.20. The largest absolute Gasteiger partial charge is 0.313 e. The number of hydrogen-bond acceptors (Lipinski definition) is 2. The maximum absolute atomic E-state index is 13.7. The van der Waals surface area contributed by atoms with Crippen LogP contribution in [0.15, 0.2) is 42.6 Å². The van der Waals surface area contributed by atoms with Crippen LogP contribution in [-0.2, 0) is 6.54 Å². The fourth-order valence-corrected chi connectivity index (χ4v) is 1.80. The van der Waals surface area contributed by atoms with Crippen molar-refractivity contribution in [1.29, 1.82) is 0 Å². The number of benzene rings is 1. The molecular formula is C15H17FN2. The van der Waals surface area contributed by atoms with Gasteiger partial charge in [-0.15, -0.1) is 0 Å². The molecule has 0 atom stereocenters. The summed E-state index contributed by atoms with van der Waals surface area (Å²) in [6, 6.07) is 10.9. The number of pyridine rings is 1. The molecule has 2 nitrogen and oxygen atoms in total. The summed E-state index contributed by atoms with van der Waals surface area (Å²) in [5.74, 6) is -0.168. The van der Waals surface area contributed by atoms with E-state index in [1.54, 1.807) is 12.3 Å². The van der Waals surface area contributed by atoms with Crippen molar-refractivity contribution >= 4 is 0 Å². The standard InChI is InChI=1S/C15H17FN2/c1-2-8-17-11-13-10-12(6-7-14(13)16)15-5-3-4-9-18-15/h3-7,9-10,17H,2,8,11H2,1H3. The maximum Gasteiger partial charge on any atom is 0.127 e. The Morgan fingerprint density at radius 1 is 1.22 bits per heavy atom. The summed E-state index contributed by atoms with van der Waals surface area (Å²) in [5, 5.41) is 3.21. The van der Waals surface area contributed by atoms with E-state index in [1.165, 1.54) is 6.07 Å². The lowest BCUT2D eigenvalue weighted by molar-refractivity contribution is 0.587. The van der Waals surface area contributed by atoms with Crippen LogP contribution in [-0.4, -0.2) is 11.5 Å². The van der Waals surface area contributed by atoms with E-state index in [-0.39, 0.29) is 5.82 Å². The molecule has 0 spiro atoms. The number of halogens is 1. The molecule has 1 N–H and O–H groups in total. The summed E-state index contributed by atoms with van der Waals surface area (Å²) >= 11 is 0. The summed E-state index contributed by atoms with van der Waals surface area (Å²) in [4.78, 5) is 4.27. The Hall–Kier alpha value is -1.74. The molecule has 0 aliphatic rings. The summed E-state index contributed by atoms with van der Waals surface area (Å²) < 4.78 is 13.7. The van der Waals surface area contributed by atoms with Gasteiger partial charge < -0.3 is 5.32 Å². The van der Waals surface area contributed by atoms with Gasteiger partial charge in [-0.1, -0.05) is 13.0 Å².